The first-order chi connectivity index (χ1) is 15.2. The number of aryl methyl sites for hydroxylation is 1. The molecule has 5 aromatic rings. The van der Waals surface area contributed by atoms with E-state index in [-0.39, 0.29) is 5.91 Å². The number of amides is 1. The number of aromatic nitrogens is 5. The van der Waals surface area contributed by atoms with Gasteiger partial charge in [-0.15, -0.1) is 5.10 Å². The number of carbonyl (C=O) groups is 1. The highest BCUT2D eigenvalue weighted by Gasteiger charge is 2.24. The molecule has 4 heterocycles. The summed E-state index contributed by atoms with van der Waals surface area (Å²) < 4.78 is 3.58. The first-order valence-corrected chi connectivity index (χ1v) is 10.4. The first-order valence-electron chi connectivity index (χ1n) is 10.4. The predicted molar refractivity (Wildman–Crippen MR) is 118 cm³/mol. The summed E-state index contributed by atoms with van der Waals surface area (Å²) in [6.45, 7) is 1.97. The molecule has 1 fully saturated rings. The van der Waals surface area contributed by atoms with E-state index in [1.54, 1.807) is 15.1 Å². The molecule has 1 saturated carbocycles. The maximum absolute atomic E-state index is 12.9. The molecule has 1 amide bonds. The second kappa shape index (κ2) is 6.77. The Morgan fingerprint density at radius 2 is 1.97 bits per heavy atom. The Hall–Kier alpha value is -4.00. The van der Waals surface area contributed by atoms with E-state index in [1.165, 1.54) is 18.4 Å². The van der Waals surface area contributed by atoms with Crippen molar-refractivity contribution in [1.29, 1.82) is 0 Å². The van der Waals surface area contributed by atoms with Crippen LogP contribution in [0.1, 0.15) is 40.4 Å². The van der Waals surface area contributed by atoms with E-state index < -0.39 is 0 Å². The molecule has 0 unspecified atom stereocenters. The van der Waals surface area contributed by atoms with Crippen LogP contribution in [-0.4, -0.2) is 29.9 Å². The number of benzene rings is 1. The average molecular weight is 408 g/mol. The fourth-order valence-electron chi connectivity index (χ4n) is 3.87. The zero-order chi connectivity index (χ0) is 20.9. The molecule has 0 saturated heterocycles. The summed E-state index contributed by atoms with van der Waals surface area (Å²) in [7, 11) is 0. The lowest BCUT2D eigenvalue weighted by molar-refractivity contribution is 0.102. The Morgan fingerprint density at radius 3 is 2.84 bits per heavy atom. The molecule has 6 rings (SSSR count). The highest BCUT2D eigenvalue weighted by molar-refractivity contribution is 6.04. The second-order valence-electron chi connectivity index (χ2n) is 8.03. The number of rotatable bonds is 4. The summed E-state index contributed by atoms with van der Waals surface area (Å²) >= 11 is 0. The third-order valence-corrected chi connectivity index (χ3v) is 5.80. The van der Waals surface area contributed by atoms with Crippen LogP contribution in [0.3, 0.4) is 0 Å². The molecular formula is C24H20N6O. The van der Waals surface area contributed by atoms with Crippen LogP contribution in [-0.2, 0) is 0 Å². The minimum atomic E-state index is -0.212. The van der Waals surface area contributed by atoms with Crippen LogP contribution < -0.4 is 5.32 Å². The number of pyridine rings is 2. The number of fused-ring (bicyclic) bond motifs is 2. The SMILES string of the molecule is Cc1ccc(-c2nc3cc(C4CC4)ccn3n2)cc1NC(=O)c1cnc2ccccn12. The van der Waals surface area contributed by atoms with E-state index in [0.29, 0.717) is 17.4 Å². The number of nitrogens with one attached hydrogen (secondary N) is 1. The van der Waals surface area contributed by atoms with Gasteiger partial charge in [-0.25, -0.2) is 14.5 Å². The van der Waals surface area contributed by atoms with Crippen molar-refractivity contribution in [2.45, 2.75) is 25.7 Å². The minimum Gasteiger partial charge on any atom is -0.320 e. The van der Waals surface area contributed by atoms with E-state index in [2.05, 4.69) is 27.5 Å². The molecule has 0 radical (unpaired) electrons. The van der Waals surface area contributed by atoms with E-state index in [9.17, 15) is 4.79 Å². The molecule has 1 aliphatic carbocycles. The van der Waals surface area contributed by atoms with Gasteiger partial charge in [0.25, 0.3) is 5.91 Å². The van der Waals surface area contributed by atoms with Crippen LogP contribution in [0.5, 0.6) is 0 Å². The van der Waals surface area contributed by atoms with Crippen molar-refractivity contribution in [3.63, 3.8) is 0 Å². The highest BCUT2D eigenvalue weighted by atomic mass is 16.1. The van der Waals surface area contributed by atoms with Gasteiger partial charge in [0.2, 0.25) is 0 Å². The van der Waals surface area contributed by atoms with Crippen molar-refractivity contribution in [1.82, 2.24) is 24.0 Å². The molecule has 0 spiro atoms. The quantitative estimate of drug-likeness (QED) is 0.476. The predicted octanol–water partition coefficient (Wildman–Crippen LogP) is 4.48. The fraction of sp³-hybridized carbons (Fsp3) is 0.167. The van der Waals surface area contributed by atoms with Crippen molar-refractivity contribution in [2.24, 2.45) is 0 Å². The van der Waals surface area contributed by atoms with Gasteiger partial charge in [0.15, 0.2) is 11.5 Å². The summed E-state index contributed by atoms with van der Waals surface area (Å²) in [6.07, 6.45) is 7.90. The minimum absolute atomic E-state index is 0.212. The average Bonchev–Trinajstić information content (AvgIpc) is 3.40. The molecule has 1 aromatic carbocycles. The van der Waals surface area contributed by atoms with Crippen LogP contribution in [0.4, 0.5) is 5.69 Å². The second-order valence-corrected chi connectivity index (χ2v) is 8.03. The lowest BCUT2D eigenvalue weighted by atomic mass is 10.1. The molecule has 31 heavy (non-hydrogen) atoms. The fourth-order valence-corrected chi connectivity index (χ4v) is 3.87. The Balaban J connectivity index is 1.33. The van der Waals surface area contributed by atoms with Gasteiger partial charge in [0, 0.05) is 23.6 Å². The molecule has 1 aliphatic rings. The van der Waals surface area contributed by atoms with Crippen LogP contribution >= 0.6 is 0 Å². The van der Waals surface area contributed by atoms with Crippen LogP contribution in [0.25, 0.3) is 22.7 Å². The zero-order valence-electron chi connectivity index (χ0n) is 17.0. The Labute approximate surface area is 178 Å². The van der Waals surface area contributed by atoms with Crippen molar-refractivity contribution < 1.29 is 4.79 Å². The van der Waals surface area contributed by atoms with Gasteiger partial charge in [0.05, 0.1) is 6.20 Å². The Kier molecular flexibility index (Phi) is 3.89. The maximum atomic E-state index is 12.9. The molecule has 7 nitrogen and oxygen atoms in total. The summed E-state index contributed by atoms with van der Waals surface area (Å²) in [4.78, 5) is 21.9. The molecule has 4 aromatic heterocycles. The largest absolute Gasteiger partial charge is 0.320 e. The molecule has 1 N–H and O–H groups in total. The third kappa shape index (κ3) is 3.15. The molecule has 7 heteroatoms. The normalized spacial score (nSPS) is 13.7. The lowest BCUT2D eigenvalue weighted by Gasteiger charge is -2.09. The van der Waals surface area contributed by atoms with Crippen LogP contribution in [0.2, 0.25) is 0 Å². The molecule has 0 aliphatic heterocycles. The van der Waals surface area contributed by atoms with E-state index in [0.717, 1.165) is 28.1 Å². The first kappa shape index (κ1) is 17.8. The number of anilines is 1. The number of hydrogen-bond acceptors (Lipinski definition) is 4. The van der Waals surface area contributed by atoms with Gasteiger partial charge in [-0.05, 0) is 67.1 Å². The van der Waals surface area contributed by atoms with E-state index in [4.69, 9.17) is 4.98 Å². The molecule has 0 bridgehead atoms. The van der Waals surface area contributed by atoms with Gasteiger partial charge in [-0.3, -0.25) is 9.20 Å². The maximum Gasteiger partial charge on any atom is 0.274 e. The molecule has 152 valence electrons. The van der Waals surface area contributed by atoms with Gasteiger partial charge in [-0.1, -0.05) is 18.2 Å². The van der Waals surface area contributed by atoms with Crippen molar-refractivity contribution in [3.05, 3.63) is 83.9 Å². The summed E-state index contributed by atoms with van der Waals surface area (Å²) in [5.41, 5.74) is 5.94. The van der Waals surface area contributed by atoms with Gasteiger partial charge in [-0.2, -0.15) is 0 Å². The van der Waals surface area contributed by atoms with Gasteiger partial charge >= 0.3 is 0 Å². The van der Waals surface area contributed by atoms with Crippen LogP contribution in [0.15, 0.2) is 67.1 Å². The zero-order valence-corrected chi connectivity index (χ0v) is 17.0. The summed E-state index contributed by atoms with van der Waals surface area (Å²) in [5.74, 6) is 1.10. The Bertz CT molecular complexity index is 1460. The third-order valence-electron chi connectivity index (χ3n) is 5.80. The van der Waals surface area contributed by atoms with Crippen molar-refractivity contribution in [3.8, 4) is 11.4 Å². The number of carbonyl (C=O) groups excluding carboxylic acids is 1. The molecule has 0 atom stereocenters. The smallest absolute Gasteiger partial charge is 0.274 e. The van der Waals surface area contributed by atoms with Crippen molar-refractivity contribution >= 4 is 22.9 Å². The Morgan fingerprint density at radius 1 is 1.06 bits per heavy atom. The van der Waals surface area contributed by atoms with E-state index >= 15 is 0 Å². The summed E-state index contributed by atoms with van der Waals surface area (Å²) in [6, 6.07) is 15.8. The monoisotopic (exact) mass is 408 g/mol. The number of nitrogens with zero attached hydrogens (tertiary/aromatic N) is 5. The standard InChI is InChI=1S/C24H20N6O/c1-15-5-6-18(23-27-22-13-17(16-7-8-16)9-11-30(22)28-23)12-19(15)26-24(31)20-14-25-21-4-2-3-10-29(20)21/h2-6,9-14,16H,7-8H2,1H3,(H,26,31). The van der Waals surface area contributed by atoms with Gasteiger partial charge < -0.3 is 5.32 Å². The van der Waals surface area contributed by atoms with Crippen molar-refractivity contribution in [2.75, 3.05) is 5.32 Å². The number of imidazole rings is 1. The lowest BCUT2D eigenvalue weighted by Crippen LogP contribution is -2.15. The van der Waals surface area contributed by atoms with Crippen LogP contribution in [0, 0.1) is 6.92 Å². The van der Waals surface area contributed by atoms with E-state index in [1.807, 2.05) is 55.7 Å². The highest BCUT2D eigenvalue weighted by Crippen LogP contribution is 2.40. The van der Waals surface area contributed by atoms with Gasteiger partial charge in [0.1, 0.15) is 11.3 Å². The topological polar surface area (TPSA) is 76.6 Å². The molecular weight excluding hydrogens is 388 g/mol. The number of hydrogen-bond donors (Lipinski definition) is 1. The summed E-state index contributed by atoms with van der Waals surface area (Å²) in [5, 5.41) is 7.64.